The van der Waals surface area contributed by atoms with E-state index in [1.54, 1.807) is 12.1 Å². The Morgan fingerprint density at radius 2 is 2.19 bits per heavy atom. The van der Waals surface area contributed by atoms with Crippen LogP contribution < -0.4 is 4.74 Å². The van der Waals surface area contributed by atoms with E-state index in [2.05, 4.69) is 27.2 Å². The molecule has 7 heteroatoms. The minimum atomic E-state index is -0.0177. The van der Waals surface area contributed by atoms with Gasteiger partial charge in [-0.25, -0.2) is 0 Å². The van der Waals surface area contributed by atoms with Crippen LogP contribution in [-0.4, -0.2) is 45.9 Å². The second-order valence-electron chi connectivity index (χ2n) is 8.74. The average molecular weight is 431 g/mol. The quantitative estimate of drug-likeness (QED) is 0.632. The first kappa shape index (κ1) is 20.7. The topological polar surface area (TPSA) is 95.4 Å². The second-order valence-corrected chi connectivity index (χ2v) is 8.74. The van der Waals surface area contributed by atoms with Gasteiger partial charge in [-0.05, 0) is 68.5 Å². The fourth-order valence-electron chi connectivity index (χ4n) is 5.11. The standard InChI is InChI=1S/C25H26N4O3/c1-15(2)31-22-7-6-17(12-18(22)14-26)25-27-24(28-32-25)20-5-3-4-19-21(20)13-16-8-9-29(10-11-30)23(16)19/h3-7,12,15-16,23,30H,8-11,13H2,1-2H3/t16-,23-/m0/s1. The molecule has 2 aliphatic rings. The number of aromatic nitrogens is 2. The van der Waals surface area contributed by atoms with Gasteiger partial charge in [0.25, 0.3) is 5.89 Å². The molecule has 1 aliphatic heterocycles. The third kappa shape index (κ3) is 3.56. The predicted molar refractivity (Wildman–Crippen MR) is 119 cm³/mol. The predicted octanol–water partition coefficient (Wildman–Crippen LogP) is 3.97. The van der Waals surface area contributed by atoms with Crippen molar-refractivity contribution in [2.75, 3.05) is 19.7 Å². The lowest BCUT2D eigenvalue weighted by Crippen LogP contribution is -2.26. The van der Waals surface area contributed by atoms with Crippen LogP contribution in [0.3, 0.4) is 0 Å². The first-order valence-corrected chi connectivity index (χ1v) is 11.1. The van der Waals surface area contributed by atoms with E-state index < -0.39 is 0 Å². The van der Waals surface area contributed by atoms with Crippen molar-refractivity contribution in [2.45, 2.75) is 38.8 Å². The molecule has 1 aromatic heterocycles. The van der Waals surface area contributed by atoms with Crippen molar-refractivity contribution in [3.8, 4) is 34.7 Å². The summed E-state index contributed by atoms with van der Waals surface area (Å²) in [4.78, 5) is 7.04. The first-order chi connectivity index (χ1) is 15.6. The molecule has 1 fully saturated rings. The minimum absolute atomic E-state index is 0.0177. The summed E-state index contributed by atoms with van der Waals surface area (Å²) in [6, 6.07) is 14.2. The third-order valence-corrected chi connectivity index (χ3v) is 6.39. The summed E-state index contributed by atoms with van der Waals surface area (Å²) in [7, 11) is 0. The number of likely N-dealkylation sites (tertiary alicyclic amines) is 1. The van der Waals surface area contributed by atoms with Crippen molar-refractivity contribution >= 4 is 0 Å². The summed E-state index contributed by atoms with van der Waals surface area (Å²) in [6.45, 7) is 5.76. The summed E-state index contributed by atoms with van der Waals surface area (Å²) in [5.41, 5.74) is 4.71. The van der Waals surface area contributed by atoms with E-state index in [1.165, 1.54) is 11.1 Å². The van der Waals surface area contributed by atoms with Crippen molar-refractivity contribution in [1.29, 1.82) is 5.26 Å². The van der Waals surface area contributed by atoms with E-state index in [1.807, 2.05) is 32.0 Å². The summed E-state index contributed by atoms with van der Waals surface area (Å²) in [5.74, 6) is 2.05. The Kier molecular flexibility index (Phi) is 5.41. The number of fused-ring (bicyclic) bond motifs is 3. The van der Waals surface area contributed by atoms with E-state index >= 15 is 0 Å². The van der Waals surface area contributed by atoms with Crippen molar-refractivity contribution in [1.82, 2.24) is 15.0 Å². The normalized spacial score (nSPS) is 19.7. The van der Waals surface area contributed by atoms with Crippen molar-refractivity contribution in [3.63, 3.8) is 0 Å². The van der Waals surface area contributed by atoms with Gasteiger partial charge in [-0.3, -0.25) is 4.90 Å². The molecule has 2 aromatic carbocycles. The lowest BCUT2D eigenvalue weighted by atomic mass is 10.0. The molecule has 32 heavy (non-hydrogen) atoms. The lowest BCUT2D eigenvalue weighted by Gasteiger charge is -2.24. The van der Waals surface area contributed by atoms with Crippen LogP contribution in [0.5, 0.6) is 5.75 Å². The van der Waals surface area contributed by atoms with Gasteiger partial charge in [-0.1, -0.05) is 23.4 Å². The molecule has 2 heterocycles. The number of benzene rings is 2. The Labute approximate surface area is 187 Å². The van der Waals surface area contributed by atoms with Gasteiger partial charge in [0.1, 0.15) is 11.8 Å². The molecule has 1 saturated heterocycles. The number of nitrogens with zero attached hydrogens (tertiary/aromatic N) is 4. The number of aliphatic hydroxyl groups is 1. The van der Waals surface area contributed by atoms with Crippen LogP contribution in [-0.2, 0) is 6.42 Å². The molecular formula is C25H26N4O3. The molecular weight excluding hydrogens is 404 g/mol. The van der Waals surface area contributed by atoms with E-state index in [0.717, 1.165) is 24.9 Å². The molecule has 0 saturated carbocycles. The van der Waals surface area contributed by atoms with E-state index in [0.29, 0.717) is 47.1 Å². The van der Waals surface area contributed by atoms with E-state index in [4.69, 9.17) is 9.26 Å². The molecule has 1 N–H and O–H groups in total. The van der Waals surface area contributed by atoms with Gasteiger partial charge < -0.3 is 14.4 Å². The summed E-state index contributed by atoms with van der Waals surface area (Å²) in [5, 5.41) is 23.2. The maximum Gasteiger partial charge on any atom is 0.258 e. The molecule has 164 valence electrons. The molecule has 3 aromatic rings. The highest BCUT2D eigenvalue weighted by molar-refractivity contribution is 5.67. The van der Waals surface area contributed by atoms with Gasteiger partial charge in [0.05, 0.1) is 18.3 Å². The highest BCUT2D eigenvalue weighted by Gasteiger charge is 2.42. The zero-order chi connectivity index (χ0) is 22.2. The number of hydrogen-bond acceptors (Lipinski definition) is 7. The van der Waals surface area contributed by atoms with Crippen molar-refractivity contribution in [3.05, 3.63) is 53.1 Å². The monoisotopic (exact) mass is 430 g/mol. The molecule has 7 nitrogen and oxygen atoms in total. The van der Waals surface area contributed by atoms with Crippen LogP contribution in [0, 0.1) is 17.2 Å². The van der Waals surface area contributed by atoms with Crippen LogP contribution in [0.1, 0.15) is 43.0 Å². The van der Waals surface area contributed by atoms with Crippen molar-refractivity contribution in [2.24, 2.45) is 5.92 Å². The van der Waals surface area contributed by atoms with Gasteiger partial charge in [0.2, 0.25) is 5.82 Å². The number of β-amino-alcohol motifs (C(OH)–C–C–N with tert-alkyl or cyclic N) is 1. The van der Waals surface area contributed by atoms with Crippen LogP contribution >= 0.6 is 0 Å². The Bertz CT molecular complexity index is 1180. The first-order valence-electron chi connectivity index (χ1n) is 11.1. The van der Waals surface area contributed by atoms with Crippen LogP contribution in [0.15, 0.2) is 40.9 Å². The lowest BCUT2D eigenvalue weighted by molar-refractivity contribution is 0.177. The zero-order valence-electron chi connectivity index (χ0n) is 18.3. The zero-order valence-corrected chi connectivity index (χ0v) is 18.3. The molecule has 0 radical (unpaired) electrons. The number of rotatable bonds is 6. The number of nitriles is 1. The highest BCUT2D eigenvalue weighted by atomic mass is 16.5. The van der Waals surface area contributed by atoms with E-state index in [-0.39, 0.29) is 12.7 Å². The van der Waals surface area contributed by atoms with Gasteiger partial charge >= 0.3 is 0 Å². The fraction of sp³-hybridized carbons (Fsp3) is 0.400. The van der Waals surface area contributed by atoms with Crippen molar-refractivity contribution < 1.29 is 14.4 Å². The third-order valence-electron chi connectivity index (χ3n) is 6.39. The Balaban J connectivity index is 1.46. The average Bonchev–Trinajstić information content (AvgIpc) is 3.50. The Hall–Kier alpha value is -3.21. The summed E-state index contributed by atoms with van der Waals surface area (Å²) >= 11 is 0. The molecule has 0 amide bonds. The van der Waals surface area contributed by atoms with Crippen LogP contribution in [0.25, 0.3) is 22.8 Å². The molecule has 1 aliphatic carbocycles. The maximum atomic E-state index is 9.51. The highest BCUT2D eigenvalue weighted by Crippen LogP contribution is 2.48. The molecule has 0 unspecified atom stereocenters. The largest absolute Gasteiger partial charge is 0.490 e. The van der Waals surface area contributed by atoms with E-state index in [9.17, 15) is 10.4 Å². The summed E-state index contributed by atoms with van der Waals surface area (Å²) < 4.78 is 11.3. The molecule has 2 atom stereocenters. The minimum Gasteiger partial charge on any atom is -0.490 e. The number of aliphatic hydroxyl groups excluding tert-OH is 1. The van der Waals surface area contributed by atoms with Gasteiger partial charge in [-0.2, -0.15) is 10.2 Å². The number of ether oxygens (including phenoxy) is 1. The summed E-state index contributed by atoms with van der Waals surface area (Å²) in [6.07, 6.45) is 2.11. The number of hydrogen-bond donors (Lipinski definition) is 1. The Morgan fingerprint density at radius 1 is 1.31 bits per heavy atom. The van der Waals surface area contributed by atoms with Gasteiger partial charge in [-0.15, -0.1) is 0 Å². The molecule has 0 spiro atoms. The smallest absolute Gasteiger partial charge is 0.258 e. The van der Waals surface area contributed by atoms with Crippen LogP contribution in [0.4, 0.5) is 0 Å². The SMILES string of the molecule is CC(C)Oc1ccc(-c2nc(-c3cccc4c3C[C@@H]3CCN(CCO)[C@H]43)no2)cc1C#N. The second kappa shape index (κ2) is 8.38. The maximum absolute atomic E-state index is 9.51. The van der Waals surface area contributed by atoms with Gasteiger partial charge in [0, 0.05) is 23.7 Å². The fourth-order valence-corrected chi connectivity index (χ4v) is 5.11. The molecule has 0 bridgehead atoms. The molecule has 5 rings (SSSR count). The van der Waals surface area contributed by atoms with Gasteiger partial charge in [0.15, 0.2) is 0 Å². The Morgan fingerprint density at radius 3 is 2.97 bits per heavy atom. The van der Waals surface area contributed by atoms with Crippen LogP contribution in [0.2, 0.25) is 0 Å².